The first-order valence-electron chi connectivity index (χ1n) is 4.69. The van der Waals surface area contributed by atoms with E-state index >= 15 is 0 Å². The minimum absolute atomic E-state index is 0.197. The van der Waals surface area contributed by atoms with Gasteiger partial charge in [-0.15, -0.1) is 0 Å². The largest absolute Gasteiger partial charge is 0.396 e. The molecule has 1 aromatic heterocycles. The van der Waals surface area contributed by atoms with Crippen molar-refractivity contribution in [3.05, 3.63) is 29.5 Å². The van der Waals surface area contributed by atoms with Gasteiger partial charge in [0.15, 0.2) is 0 Å². The lowest BCUT2D eigenvalue weighted by atomic mass is 10.0. The first kappa shape index (κ1) is 9.62. The number of aryl methyl sites for hydroxylation is 1. The fraction of sp³-hybridized carbons (Fsp3) is 0.364. The molecule has 1 atom stereocenters. The molecule has 0 fully saturated rings. The quantitative estimate of drug-likeness (QED) is 0.821. The molecule has 1 aromatic carbocycles. The zero-order chi connectivity index (χ0) is 10.1. The Labute approximate surface area is 87.4 Å². The smallest absolute Gasteiger partial charge is 0.0589 e. The summed E-state index contributed by atoms with van der Waals surface area (Å²) in [5, 5.41) is 10.3. The monoisotopic (exact) mass is 207 g/mol. The van der Waals surface area contributed by atoms with E-state index in [4.69, 9.17) is 5.11 Å². The molecule has 14 heavy (non-hydrogen) atoms. The molecular formula is C11H13NOS. The van der Waals surface area contributed by atoms with Gasteiger partial charge in [-0.05, 0) is 36.2 Å². The van der Waals surface area contributed by atoms with Crippen LogP contribution < -0.4 is 0 Å². The maximum Gasteiger partial charge on any atom is 0.0589 e. The summed E-state index contributed by atoms with van der Waals surface area (Å²) in [6.45, 7) is 4.24. The first-order chi connectivity index (χ1) is 6.72. The van der Waals surface area contributed by atoms with Crippen molar-refractivity contribution in [2.75, 3.05) is 6.61 Å². The van der Waals surface area contributed by atoms with Crippen LogP contribution in [0.25, 0.3) is 10.1 Å². The highest BCUT2D eigenvalue weighted by atomic mass is 32.1. The van der Waals surface area contributed by atoms with E-state index in [0.29, 0.717) is 0 Å². The number of aliphatic hydroxyl groups is 1. The molecule has 0 aliphatic carbocycles. The van der Waals surface area contributed by atoms with Crippen molar-refractivity contribution in [2.24, 2.45) is 0 Å². The van der Waals surface area contributed by atoms with Gasteiger partial charge in [-0.1, -0.05) is 13.0 Å². The summed E-state index contributed by atoms with van der Waals surface area (Å²) in [6.07, 6.45) is 0. The van der Waals surface area contributed by atoms with Gasteiger partial charge in [-0.3, -0.25) is 0 Å². The Bertz CT molecular complexity index is 449. The second-order valence-electron chi connectivity index (χ2n) is 3.61. The molecule has 0 amide bonds. The third kappa shape index (κ3) is 1.53. The van der Waals surface area contributed by atoms with Crippen LogP contribution in [0.2, 0.25) is 0 Å². The minimum Gasteiger partial charge on any atom is -0.396 e. The predicted octanol–water partition coefficient (Wildman–Crippen LogP) is 2.70. The van der Waals surface area contributed by atoms with Gasteiger partial charge in [-0.2, -0.15) is 4.37 Å². The molecule has 0 aliphatic rings. The molecule has 3 heteroatoms. The van der Waals surface area contributed by atoms with E-state index in [1.807, 2.05) is 13.8 Å². The van der Waals surface area contributed by atoms with E-state index in [-0.39, 0.29) is 12.5 Å². The Morgan fingerprint density at radius 3 is 3.00 bits per heavy atom. The van der Waals surface area contributed by atoms with Crippen molar-refractivity contribution >= 4 is 21.6 Å². The molecule has 1 unspecified atom stereocenters. The number of benzene rings is 1. The summed E-state index contributed by atoms with van der Waals surface area (Å²) in [5.41, 5.74) is 2.26. The number of hydrogen-bond donors (Lipinski definition) is 1. The standard InChI is InChI=1S/C11H13NOS/c1-7(6-13)9-3-4-11-10(5-9)8(2)12-14-11/h3-5,7,13H,6H2,1-2H3. The van der Waals surface area contributed by atoms with E-state index in [9.17, 15) is 0 Å². The van der Waals surface area contributed by atoms with Crippen molar-refractivity contribution in [1.82, 2.24) is 4.37 Å². The zero-order valence-electron chi connectivity index (χ0n) is 8.32. The van der Waals surface area contributed by atoms with Crippen LogP contribution >= 0.6 is 11.5 Å². The van der Waals surface area contributed by atoms with Gasteiger partial charge in [0.25, 0.3) is 0 Å². The Morgan fingerprint density at radius 1 is 1.50 bits per heavy atom. The van der Waals surface area contributed by atoms with Crippen molar-refractivity contribution < 1.29 is 5.11 Å². The molecule has 0 saturated heterocycles. The van der Waals surface area contributed by atoms with Gasteiger partial charge >= 0.3 is 0 Å². The lowest BCUT2D eigenvalue weighted by molar-refractivity contribution is 0.273. The van der Waals surface area contributed by atoms with E-state index in [1.54, 1.807) is 0 Å². The molecule has 2 aromatic rings. The minimum atomic E-state index is 0.197. The molecule has 0 bridgehead atoms. The summed E-state index contributed by atoms with van der Waals surface area (Å²) in [6, 6.07) is 6.29. The highest BCUT2D eigenvalue weighted by Crippen LogP contribution is 2.26. The number of nitrogens with zero attached hydrogens (tertiary/aromatic N) is 1. The molecule has 1 heterocycles. The average Bonchev–Trinajstić information content (AvgIpc) is 2.59. The van der Waals surface area contributed by atoms with Crippen molar-refractivity contribution in [3.8, 4) is 0 Å². The fourth-order valence-corrected chi connectivity index (χ4v) is 2.26. The summed E-state index contributed by atoms with van der Waals surface area (Å²) < 4.78 is 5.52. The predicted molar refractivity (Wildman–Crippen MR) is 59.9 cm³/mol. The van der Waals surface area contributed by atoms with Gasteiger partial charge in [0.2, 0.25) is 0 Å². The second-order valence-corrected chi connectivity index (χ2v) is 4.41. The molecule has 2 rings (SSSR count). The highest BCUT2D eigenvalue weighted by molar-refractivity contribution is 7.13. The Balaban J connectivity index is 2.54. The first-order valence-corrected chi connectivity index (χ1v) is 5.46. The third-order valence-electron chi connectivity index (χ3n) is 2.52. The van der Waals surface area contributed by atoms with Crippen molar-refractivity contribution in [2.45, 2.75) is 19.8 Å². The summed E-state index contributed by atoms with van der Waals surface area (Å²) >= 11 is 1.53. The number of fused-ring (bicyclic) bond motifs is 1. The van der Waals surface area contributed by atoms with Crippen LogP contribution in [-0.4, -0.2) is 16.1 Å². The van der Waals surface area contributed by atoms with Crippen LogP contribution in [0.3, 0.4) is 0 Å². The number of aromatic nitrogens is 1. The molecule has 2 nitrogen and oxygen atoms in total. The molecule has 1 N–H and O–H groups in total. The third-order valence-corrected chi connectivity index (χ3v) is 3.44. The number of hydrogen-bond acceptors (Lipinski definition) is 3. The number of aliphatic hydroxyl groups excluding tert-OH is 1. The number of rotatable bonds is 2. The topological polar surface area (TPSA) is 33.1 Å². The van der Waals surface area contributed by atoms with Crippen molar-refractivity contribution in [1.29, 1.82) is 0 Å². The van der Waals surface area contributed by atoms with Crippen LogP contribution in [-0.2, 0) is 0 Å². The van der Waals surface area contributed by atoms with E-state index in [0.717, 1.165) is 5.69 Å². The summed E-state index contributed by atoms with van der Waals surface area (Å²) in [7, 11) is 0. The molecule has 0 spiro atoms. The Morgan fingerprint density at radius 2 is 2.29 bits per heavy atom. The Kier molecular flexibility index (Phi) is 2.52. The fourth-order valence-electron chi connectivity index (χ4n) is 1.49. The molecular weight excluding hydrogens is 194 g/mol. The van der Waals surface area contributed by atoms with Gasteiger partial charge in [0.1, 0.15) is 0 Å². The SMILES string of the molecule is Cc1nsc2ccc(C(C)CO)cc12. The van der Waals surface area contributed by atoms with Gasteiger partial charge in [0, 0.05) is 17.9 Å². The second kappa shape index (κ2) is 3.67. The van der Waals surface area contributed by atoms with Crippen molar-refractivity contribution in [3.63, 3.8) is 0 Å². The highest BCUT2D eigenvalue weighted by Gasteiger charge is 2.07. The summed E-state index contributed by atoms with van der Waals surface area (Å²) in [5.74, 6) is 0.207. The van der Waals surface area contributed by atoms with Crippen LogP contribution in [0.5, 0.6) is 0 Å². The van der Waals surface area contributed by atoms with Crippen LogP contribution in [0, 0.1) is 6.92 Å². The van der Waals surface area contributed by atoms with Gasteiger partial charge < -0.3 is 5.11 Å². The van der Waals surface area contributed by atoms with E-state index in [1.165, 1.54) is 27.2 Å². The molecule has 74 valence electrons. The lowest BCUT2D eigenvalue weighted by Gasteiger charge is -2.07. The lowest BCUT2D eigenvalue weighted by Crippen LogP contribution is -1.97. The maximum absolute atomic E-state index is 9.07. The van der Waals surface area contributed by atoms with Gasteiger partial charge in [0.05, 0.1) is 10.4 Å². The van der Waals surface area contributed by atoms with Gasteiger partial charge in [-0.25, -0.2) is 0 Å². The maximum atomic E-state index is 9.07. The van der Waals surface area contributed by atoms with Crippen LogP contribution in [0.4, 0.5) is 0 Å². The van der Waals surface area contributed by atoms with Crippen LogP contribution in [0.1, 0.15) is 24.1 Å². The molecule has 0 saturated carbocycles. The van der Waals surface area contributed by atoms with Crippen LogP contribution in [0.15, 0.2) is 18.2 Å². The summed E-state index contributed by atoms with van der Waals surface area (Å²) in [4.78, 5) is 0. The van der Waals surface area contributed by atoms with E-state index in [2.05, 4.69) is 22.6 Å². The molecule has 0 aliphatic heterocycles. The normalized spacial score (nSPS) is 13.4. The Hall–Kier alpha value is -0.930. The van der Waals surface area contributed by atoms with E-state index < -0.39 is 0 Å². The average molecular weight is 207 g/mol. The zero-order valence-corrected chi connectivity index (χ0v) is 9.14. The molecule has 0 radical (unpaired) electrons.